The van der Waals surface area contributed by atoms with Gasteiger partial charge >= 0.3 is 0 Å². The molecule has 0 aliphatic carbocycles. The maximum Gasteiger partial charge on any atom is 0.191 e. The first kappa shape index (κ1) is 18.7. The minimum absolute atomic E-state index is 0. The van der Waals surface area contributed by atoms with Gasteiger partial charge in [0, 0.05) is 13.1 Å². The number of benzene rings is 1. The van der Waals surface area contributed by atoms with Crippen LogP contribution in [0.3, 0.4) is 0 Å². The van der Waals surface area contributed by atoms with Gasteiger partial charge in [-0.05, 0) is 31.0 Å². The fourth-order valence-corrected chi connectivity index (χ4v) is 1.58. The lowest BCUT2D eigenvalue weighted by Gasteiger charge is -2.10. The molecule has 110 valence electrons. The Labute approximate surface area is 138 Å². The molecule has 0 spiro atoms. The number of guanidine groups is 1. The van der Waals surface area contributed by atoms with E-state index in [4.69, 9.17) is 5.26 Å². The first-order chi connectivity index (χ1) is 9.30. The molecule has 2 N–H and O–H groups in total. The zero-order valence-corrected chi connectivity index (χ0v) is 14.5. The van der Waals surface area contributed by atoms with Gasteiger partial charge in [0.2, 0.25) is 0 Å². The fourth-order valence-electron chi connectivity index (χ4n) is 1.58. The standard InChI is InChI=1S/C15H22N4.HI/c1-3-5-10-18-15(17-4-2)19-12-14-8-6-13(11-16)7-9-14;/h6-9H,3-5,10,12H2,1-2H3,(H2,17,18,19);1H. The number of aliphatic imine (C=N–C) groups is 1. The number of nitrogens with zero attached hydrogens (tertiary/aromatic N) is 2. The largest absolute Gasteiger partial charge is 0.357 e. The lowest BCUT2D eigenvalue weighted by molar-refractivity contribution is 0.730. The lowest BCUT2D eigenvalue weighted by Crippen LogP contribution is -2.37. The lowest BCUT2D eigenvalue weighted by atomic mass is 10.1. The maximum absolute atomic E-state index is 8.74. The van der Waals surface area contributed by atoms with Crippen molar-refractivity contribution in [1.29, 1.82) is 5.26 Å². The molecule has 0 bridgehead atoms. The third-order valence-electron chi connectivity index (χ3n) is 2.67. The van der Waals surface area contributed by atoms with E-state index in [2.05, 4.69) is 35.5 Å². The van der Waals surface area contributed by atoms with Crippen molar-refractivity contribution in [3.63, 3.8) is 0 Å². The van der Waals surface area contributed by atoms with Crippen LogP contribution in [0, 0.1) is 11.3 Å². The molecule has 20 heavy (non-hydrogen) atoms. The Morgan fingerprint density at radius 1 is 1.20 bits per heavy atom. The summed E-state index contributed by atoms with van der Waals surface area (Å²) in [5.41, 5.74) is 1.78. The van der Waals surface area contributed by atoms with Gasteiger partial charge in [0.15, 0.2) is 5.96 Å². The fraction of sp³-hybridized carbons (Fsp3) is 0.467. The van der Waals surface area contributed by atoms with E-state index in [0.717, 1.165) is 31.0 Å². The second kappa shape index (κ2) is 11.5. The van der Waals surface area contributed by atoms with E-state index in [9.17, 15) is 0 Å². The highest BCUT2D eigenvalue weighted by Crippen LogP contribution is 2.04. The Hall–Kier alpha value is -1.29. The zero-order chi connectivity index (χ0) is 13.9. The van der Waals surface area contributed by atoms with E-state index in [1.54, 1.807) is 0 Å². The van der Waals surface area contributed by atoms with Gasteiger partial charge in [0.1, 0.15) is 0 Å². The van der Waals surface area contributed by atoms with Gasteiger partial charge < -0.3 is 10.6 Å². The second-order valence-corrected chi connectivity index (χ2v) is 4.28. The predicted molar refractivity (Wildman–Crippen MR) is 94.3 cm³/mol. The van der Waals surface area contributed by atoms with Crippen LogP contribution in [0.2, 0.25) is 0 Å². The van der Waals surface area contributed by atoms with Gasteiger partial charge in [-0.25, -0.2) is 4.99 Å². The van der Waals surface area contributed by atoms with Gasteiger partial charge in [0.25, 0.3) is 0 Å². The molecule has 0 heterocycles. The summed E-state index contributed by atoms with van der Waals surface area (Å²) in [6.07, 6.45) is 2.31. The highest BCUT2D eigenvalue weighted by atomic mass is 127. The van der Waals surface area contributed by atoms with E-state index >= 15 is 0 Å². The summed E-state index contributed by atoms with van der Waals surface area (Å²) in [6, 6.07) is 9.64. The Kier molecular flexibility index (Phi) is 10.8. The van der Waals surface area contributed by atoms with Crippen molar-refractivity contribution in [2.75, 3.05) is 13.1 Å². The zero-order valence-electron chi connectivity index (χ0n) is 12.1. The average molecular weight is 386 g/mol. The third kappa shape index (κ3) is 7.34. The van der Waals surface area contributed by atoms with Crippen LogP contribution in [0.15, 0.2) is 29.3 Å². The minimum atomic E-state index is 0. The Morgan fingerprint density at radius 3 is 2.45 bits per heavy atom. The van der Waals surface area contributed by atoms with Crippen LogP contribution in [0.1, 0.15) is 37.8 Å². The van der Waals surface area contributed by atoms with E-state index in [1.165, 1.54) is 6.42 Å². The van der Waals surface area contributed by atoms with Crippen LogP contribution in [0.25, 0.3) is 0 Å². The van der Waals surface area contributed by atoms with E-state index in [0.29, 0.717) is 12.1 Å². The van der Waals surface area contributed by atoms with E-state index in [-0.39, 0.29) is 24.0 Å². The number of nitrogens with one attached hydrogen (secondary N) is 2. The molecule has 5 heteroatoms. The van der Waals surface area contributed by atoms with Crippen LogP contribution >= 0.6 is 24.0 Å². The van der Waals surface area contributed by atoms with Crippen LogP contribution in [-0.4, -0.2) is 19.0 Å². The molecule has 0 saturated carbocycles. The maximum atomic E-state index is 8.74. The summed E-state index contributed by atoms with van der Waals surface area (Å²) < 4.78 is 0. The molecular weight excluding hydrogens is 363 g/mol. The number of halogens is 1. The summed E-state index contributed by atoms with van der Waals surface area (Å²) in [6.45, 7) is 6.63. The predicted octanol–water partition coefficient (Wildman–Crippen LogP) is 3.03. The van der Waals surface area contributed by atoms with Crippen molar-refractivity contribution < 1.29 is 0 Å². The quantitative estimate of drug-likeness (QED) is 0.342. The van der Waals surface area contributed by atoms with Crippen LogP contribution in [0.5, 0.6) is 0 Å². The molecule has 0 aliphatic rings. The van der Waals surface area contributed by atoms with Crippen molar-refractivity contribution in [1.82, 2.24) is 10.6 Å². The Bertz CT molecular complexity index is 434. The highest BCUT2D eigenvalue weighted by molar-refractivity contribution is 14.0. The summed E-state index contributed by atoms with van der Waals surface area (Å²) in [4.78, 5) is 4.52. The smallest absolute Gasteiger partial charge is 0.191 e. The van der Waals surface area contributed by atoms with Crippen molar-refractivity contribution in [2.24, 2.45) is 4.99 Å². The summed E-state index contributed by atoms with van der Waals surface area (Å²) >= 11 is 0. The van der Waals surface area contributed by atoms with E-state index in [1.807, 2.05) is 24.3 Å². The molecule has 1 rings (SSSR count). The van der Waals surface area contributed by atoms with Crippen LogP contribution in [-0.2, 0) is 6.54 Å². The summed E-state index contributed by atoms with van der Waals surface area (Å²) in [5.74, 6) is 0.848. The molecule has 1 aromatic carbocycles. The normalized spacial score (nSPS) is 10.3. The first-order valence-electron chi connectivity index (χ1n) is 6.81. The molecule has 0 aromatic heterocycles. The van der Waals surface area contributed by atoms with Gasteiger partial charge in [-0.1, -0.05) is 25.5 Å². The molecular formula is C15H23IN4. The summed E-state index contributed by atoms with van der Waals surface area (Å²) in [7, 11) is 0. The number of rotatable bonds is 6. The van der Waals surface area contributed by atoms with E-state index < -0.39 is 0 Å². The molecule has 0 aliphatic heterocycles. The SMILES string of the molecule is CCCCNC(=NCc1ccc(C#N)cc1)NCC.I. The van der Waals surface area contributed by atoms with Gasteiger partial charge in [0.05, 0.1) is 18.2 Å². The van der Waals surface area contributed by atoms with Gasteiger partial charge in [-0.15, -0.1) is 24.0 Å². The molecule has 0 unspecified atom stereocenters. The van der Waals surface area contributed by atoms with Crippen LogP contribution < -0.4 is 10.6 Å². The molecule has 0 radical (unpaired) electrons. The molecule has 4 nitrogen and oxygen atoms in total. The number of hydrogen-bond donors (Lipinski definition) is 2. The van der Waals surface area contributed by atoms with Crippen LogP contribution in [0.4, 0.5) is 0 Å². The van der Waals surface area contributed by atoms with Crippen molar-refractivity contribution in [3.05, 3.63) is 35.4 Å². The van der Waals surface area contributed by atoms with Gasteiger partial charge in [-0.3, -0.25) is 0 Å². The number of unbranched alkanes of at least 4 members (excludes halogenated alkanes) is 1. The monoisotopic (exact) mass is 386 g/mol. The van der Waals surface area contributed by atoms with Gasteiger partial charge in [-0.2, -0.15) is 5.26 Å². The summed E-state index contributed by atoms with van der Waals surface area (Å²) in [5, 5.41) is 15.3. The first-order valence-corrected chi connectivity index (χ1v) is 6.81. The highest BCUT2D eigenvalue weighted by Gasteiger charge is 1.97. The molecule has 0 amide bonds. The molecule has 0 atom stereocenters. The molecule has 1 aromatic rings. The van der Waals surface area contributed by atoms with Crippen molar-refractivity contribution in [2.45, 2.75) is 33.2 Å². The minimum Gasteiger partial charge on any atom is -0.357 e. The Balaban J connectivity index is 0.00000361. The molecule has 0 saturated heterocycles. The molecule has 0 fully saturated rings. The topological polar surface area (TPSA) is 60.2 Å². The second-order valence-electron chi connectivity index (χ2n) is 4.28. The van der Waals surface area contributed by atoms with Crippen molar-refractivity contribution in [3.8, 4) is 6.07 Å². The Morgan fingerprint density at radius 2 is 1.90 bits per heavy atom. The average Bonchev–Trinajstić information content (AvgIpc) is 2.45. The van der Waals surface area contributed by atoms with Crippen molar-refractivity contribution >= 4 is 29.9 Å². The number of hydrogen-bond acceptors (Lipinski definition) is 2. The number of nitriles is 1. The third-order valence-corrected chi connectivity index (χ3v) is 2.67.